The van der Waals surface area contributed by atoms with Gasteiger partial charge in [-0.15, -0.1) is 13.2 Å². The molecule has 0 amide bonds. The second kappa shape index (κ2) is 6.53. The molecular formula is C11H11F3O3S. The average Bonchev–Trinajstić information content (AvgIpc) is 2.28. The van der Waals surface area contributed by atoms with Crippen LogP contribution in [0.15, 0.2) is 24.3 Å². The smallest absolute Gasteiger partial charge is 0.461 e. The van der Waals surface area contributed by atoms with Crippen molar-refractivity contribution in [1.29, 1.82) is 0 Å². The van der Waals surface area contributed by atoms with Gasteiger partial charge >= 0.3 is 12.3 Å². The Bertz CT molecular complexity index is 390. The highest BCUT2D eigenvalue weighted by Gasteiger charge is 2.31. The summed E-state index contributed by atoms with van der Waals surface area (Å²) < 4.78 is 44.2. The van der Waals surface area contributed by atoms with E-state index in [1.54, 1.807) is 0 Å². The van der Waals surface area contributed by atoms with E-state index in [9.17, 15) is 18.0 Å². The molecule has 0 radical (unpaired) electrons. The van der Waals surface area contributed by atoms with Gasteiger partial charge in [0.1, 0.15) is 12.4 Å². The standard InChI is InChI=1S/C11H11F3O3S/c1-18-7-6-16-10(15)8-2-4-9(5-3-8)17-11(12,13)14/h2-5H,6-7H2,1H3. The Morgan fingerprint density at radius 2 is 1.89 bits per heavy atom. The van der Waals surface area contributed by atoms with Gasteiger partial charge in [0.2, 0.25) is 0 Å². The molecule has 0 saturated carbocycles. The number of hydrogen-bond acceptors (Lipinski definition) is 4. The molecule has 1 rings (SSSR count). The van der Waals surface area contributed by atoms with E-state index in [0.29, 0.717) is 5.75 Å². The van der Waals surface area contributed by atoms with Crippen LogP contribution < -0.4 is 4.74 Å². The van der Waals surface area contributed by atoms with Gasteiger partial charge in [-0.2, -0.15) is 11.8 Å². The van der Waals surface area contributed by atoms with Gasteiger partial charge in [-0.1, -0.05) is 0 Å². The van der Waals surface area contributed by atoms with E-state index >= 15 is 0 Å². The summed E-state index contributed by atoms with van der Waals surface area (Å²) in [6.45, 7) is 0.265. The molecule has 7 heteroatoms. The van der Waals surface area contributed by atoms with E-state index in [2.05, 4.69) is 4.74 Å². The largest absolute Gasteiger partial charge is 0.573 e. The molecule has 0 aliphatic carbocycles. The fourth-order valence-corrected chi connectivity index (χ4v) is 1.34. The maximum Gasteiger partial charge on any atom is 0.573 e. The highest BCUT2D eigenvalue weighted by atomic mass is 32.2. The summed E-state index contributed by atoms with van der Waals surface area (Å²) in [4.78, 5) is 11.4. The van der Waals surface area contributed by atoms with Crippen LogP contribution in [0.1, 0.15) is 10.4 Å². The number of thioether (sulfide) groups is 1. The van der Waals surface area contributed by atoms with E-state index in [4.69, 9.17) is 4.74 Å². The van der Waals surface area contributed by atoms with Crippen LogP contribution in [0, 0.1) is 0 Å². The minimum absolute atomic E-state index is 0.186. The Kier molecular flexibility index (Phi) is 5.33. The van der Waals surface area contributed by atoms with Crippen LogP contribution in [0.5, 0.6) is 5.75 Å². The summed E-state index contributed by atoms with van der Waals surface area (Å²) in [6.07, 6.45) is -2.86. The molecule has 0 spiro atoms. The lowest BCUT2D eigenvalue weighted by Crippen LogP contribution is -2.17. The molecule has 0 aliphatic rings. The first-order valence-electron chi connectivity index (χ1n) is 4.94. The first kappa shape index (κ1) is 14.7. The number of ether oxygens (including phenoxy) is 2. The van der Waals surface area contributed by atoms with E-state index in [-0.39, 0.29) is 17.9 Å². The third-order valence-electron chi connectivity index (χ3n) is 1.84. The second-order valence-corrected chi connectivity index (χ2v) is 4.19. The average molecular weight is 280 g/mol. The van der Waals surface area contributed by atoms with Crippen LogP contribution in [0.3, 0.4) is 0 Å². The van der Waals surface area contributed by atoms with E-state index in [1.165, 1.54) is 23.9 Å². The molecule has 1 aromatic rings. The van der Waals surface area contributed by atoms with Crippen molar-refractivity contribution in [1.82, 2.24) is 0 Å². The lowest BCUT2D eigenvalue weighted by molar-refractivity contribution is -0.274. The van der Waals surface area contributed by atoms with Gasteiger partial charge in [0.05, 0.1) is 5.56 Å². The van der Waals surface area contributed by atoms with E-state index in [1.807, 2.05) is 6.26 Å². The Morgan fingerprint density at radius 1 is 1.28 bits per heavy atom. The van der Waals surface area contributed by atoms with Crippen molar-refractivity contribution in [3.8, 4) is 5.75 Å². The number of carbonyl (C=O) groups excluding carboxylic acids is 1. The van der Waals surface area contributed by atoms with Gasteiger partial charge in [-0.25, -0.2) is 4.79 Å². The quantitative estimate of drug-likeness (QED) is 0.613. The summed E-state index contributed by atoms with van der Waals surface area (Å²) in [5, 5.41) is 0. The maximum atomic E-state index is 11.9. The minimum Gasteiger partial charge on any atom is -0.461 e. The number of benzene rings is 1. The van der Waals surface area contributed by atoms with Gasteiger partial charge in [-0.05, 0) is 30.5 Å². The number of halogens is 3. The summed E-state index contributed by atoms with van der Waals surface area (Å²) in [5.41, 5.74) is 0.186. The SMILES string of the molecule is CSCCOC(=O)c1ccc(OC(F)(F)F)cc1. The molecule has 0 fully saturated rings. The Morgan fingerprint density at radius 3 is 2.39 bits per heavy atom. The number of carbonyl (C=O) groups is 1. The molecule has 18 heavy (non-hydrogen) atoms. The number of hydrogen-bond donors (Lipinski definition) is 0. The second-order valence-electron chi connectivity index (χ2n) is 3.20. The number of rotatable bonds is 5. The normalized spacial score (nSPS) is 11.1. The Hall–Kier alpha value is -1.37. The van der Waals surface area contributed by atoms with Crippen LogP contribution >= 0.6 is 11.8 Å². The molecule has 0 aliphatic heterocycles. The van der Waals surface area contributed by atoms with Gasteiger partial charge in [0.25, 0.3) is 0 Å². The highest BCUT2D eigenvalue weighted by molar-refractivity contribution is 7.98. The van der Waals surface area contributed by atoms with Crippen LogP contribution in [0.4, 0.5) is 13.2 Å². The monoisotopic (exact) mass is 280 g/mol. The van der Waals surface area contributed by atoms with Crippen molar-refractivity contribution in [3.63, 3.8) is 0 Å². The van der Waals surface area contributed by atoms with Crippen LogP contribution in [-0.4, -0.2) is 30.9 Å². The Labute approximate surface area is 106 Å². The van der Waals surface area contributed by atoms with E-state index in [0.717, 1.165) is 12.1 Å². The van der Waals surface area contributed by atoms with Gasteiger partial charge in [0.15, 0.2) is 0 Å². The van der Waals surface area contributed by atoms with Crippen molar-refractivity contribution in [2.24, 2.45) is 0 Å². The van der Waals surface area contributed by atoms with Crippen LogP contribution in [0.25, 0.3) is 0 Å². The first-order valence-corrected chi connectivity index (χ1v) is 6.33. The molecule has 1 aromatic carbocycles. The summed E-state index contributed by atoms with van der Waals surface area (Å²) in [6, 6.07) is 4.59. The molecule has 100 valence electrons. The van der Waals surface area contributed by atoms with Crippen molar-refractivity contribution in [3.05, 3.63) is 29.8 Å². The van der Waals surface area contributed by atoms with Crippen molar-refractivity contribution < 1.29 is 27.4 Å². The molecule has 0 unspecified atom stereocenters. The predicted molar refractivity (Wildman–Crippen MR) is 61.8 cm³/mol. The fourth-order valence-electron chi connectivity index (χ4n) is 1.09. The fraction of sp³-hybridized carbons (Fsp3) is 0.364. The van der Waals surface area contributed by atoms with E-state index < -0.39 is 12.3 Å². The molecular weight excluding hydrogens is 269 g/mol. The zero-order valence-corrected chi connectivity index (χ0v) is 10.3. The van der Waals surface area contributed by atoms with Gasteiger partial charge in [-0.3, -0.25) is 0 Å². The lowest BCUT2D eigenvalue weighted by Gasteiger charge is -2.09. The summed E-state index contributed by atoms with van der Waals surface area (Å²) in [5.74, 6) is -0.271. The Balaban J connectivity index is 2.57. The van der Waals surface area contributed by atoms with Crippen molar-refractivity contribution in [2.45, 2.75) is 6.36 Å². The molecule has 0 saturated heterocycles. The van der Waals surface area contributed by atoms with Gasteiger partial charge in [0, 0.05) is 5.75 Å². The zero-order valence-electron chi connectivity index (χ0n) is 9.49. The molecule has 3 nitrogen and oxygen atoms in total. The topological polar surface area (TPSA) is 35.5 Å². The number of esters is 1. The van der Waals surface area contributed by atoms with Crippen molar-refractivity contribution >= 4 is 17.7 Å². The van der Waals surface area contributed by atoms with Crippen molar-refractivity contribution in [2.75, 3.05) is 18.6 Å². The summed E-state index contributed by atoms with van der Waals surface area (Å²) in [7, 11) is 0. The molecule has 0 N–H and O–H groups in total. The van der Waals surface area contributed by atoms with Crippen LogP contribution in [0.2, 0.25) is 0 Å². The third-order valence-corrected chi connectivity index (χ3v) is 2.42. The highest BCUT2D eigenvalue weighted by Crippen LogP contribution is 2.22. The summed E-state index contributed by atoms with van der Waals surface area (Å²) >= 11 is 1.53. The maximum absolute atomic E-state index is 11.9. The first-order chi connectivity index (χ1) is 8.42. The molecule has 0 aromatic heterocycles. The minimum atomic E-state index is -4.74. The third kappa shape index (κ3) is 5.31. The molecule has 0 atom stereocenters. The lowest BCUT2D eigenvalue weighted by atomic mass is 10.2. The zero-order chi connectivity index (χ0) is 13.6. The van der Waals surface area contributed by atoms with Gasteiger partial charge < -0.3 is 9.47 Å². The predicted octanol–water partition coefficient (Wildman–Crippen LogP) is 3.11. The number of alkyl halides is 3. The molecule has 0 heterocycles. The molecule has 0 bridgehead atoms. The van der Waals surface area contributed by atoms with Crippen LogP contribution in [-0.2, 0) is 4.74 Å².